The van der Waals surface area contributed by atoms with Crippen molar-refractivity contribution in [2.24, 2.45) is 0 Å². The minimum absolute atomic E-state index is 0.0582. The fourth-order valence-electron chi connectivity index (χ4n) is 1.96. The molecule has 1 aromatic rings. The first-order valence-corrected chi connectivity index (χ1v) is 6.21. The molecule has 4 heteroatoms. The molecule has 0 radical (unpaired) electrons. The molecule has 0 fully saturated rings. The SMILES string of the molecule is COC(C)(C)C[C@@H](C)NCCn1ccnc1C. The highest BCUT2D eigenvalue weighted by atomic mass is 16.5. The highest BCUT2D eigenvalue weighted by Gasteiger charge is 2.19. The van der Waals surface area contributed by atoms with Gasteiger partial charge in [0.2, 0.25) is 0 Å². The number of ether oxygens (including phenoxy) is 1. The van der Waals surface area contributed by atoms with E-state index in [-0.39, 0.29) is 5.60 Å². The molecular formula is C13H25N3O. The Hall–Kier alpha value is -0.870. The molecule has 0 unspecified atom stereocenters. The van der Waals surface area contributed by atoms with Crippen molar-refractivity contribution < 1.29 is 4.74 Å². The molecule has 98 valence electrons. The predicted octanol–water partition coefficient (Wildman–Crippen LogP) is 1.98. The van der Waals surface area contributed by atoms with Crippen LogP contribution in [0.25, 0.3) is 0 Å². The Balaban J connectivity index is 2.25. The van der Waals surface area contributed by atoms with Crippen molar-refractivity contribution in [3.05, 3.63) is 18.2 Å². The Morgan fingerprint density at radius 2 is 2.24 bits per heavy atom. The van der Waals surface area contributed by atoms with Crippen LogP contribution in [0.2, 0.25) is 0 Å². The molecule has 4 nitrogen and oxygen atoms in total. The zero-order valence-electron chi connectivity index (χ0n) is 11.7. The number of aromatic nitrogens is 2. The van der Waals surface area contributed by atoms with Crippen molar-refractivity contribution in [2.75, 3.05) is 13.7 Å². The summed E-state index contributed by atoms with van der Waals surface area (Å²) in [4.78, 5) is 4.20. The maximum Gasteiger partial charge on any atom is 0.105 e. The van der Waals surface area contributed by atoms with Gasteiger partial charge in [-0.2, -0.15) is 0 Å². The quantitative estimate of drug-likeness (QED) is 0.791. The monoisotopic (exact) mass is 239 g/mol. The van der Waals surface area contributed by atoms with Gasteiger partial charge < -0.3 is 14.6 Å². The van der Waals surface area contributed by atoms with Gasteiger partial charge in [-0.25, -0.2) is 4.98 Å². The molecule has 1 atom stereocenters. The summed E-state index contributed by atoms with van der Waals surface area (Å²) in [5.74, 6) is 1.07. The van der Waals surface area contributed by atoms with E-state index in [0.29, 0.717) is 6.04 Å². The van der Waals surface area contributed by atoms with Crippen molar-refractivity contribution >= 4 is 0 Å². The summed E-state index contributed by atoms with van der Waals surface area (Å²) < 4.78 is 7.58. The van der Waals surface area contributed by atoms with Crippen LogP contribution in [-0.4, -0.2) is 34.8 Å². The first-order chi connectivity index (χ1) is 7.94. The molecule has 1 aromatic heterocycles. The van der Waals surface area contributed by atoms with E-state index in [2.05, 4.69) is 35.6 Å². The standard InChI is InChI=1S/C13H25N3O/c1-11(10-13(3,4)17-5)14-6-8-16-9-7-15-12(16)2/h7,9,11,14H,6,8,10H2,1-5H3/t11-/m1/s1. The molecule has 1 rings (SSSR count). The number of nitrogens with one attached hydrogen (secondary N) is 1. The third-order valence-corrected chi connectivity index (χ3v) is 3.12. The van der Waals surface area contributed by atoms with E-state index in [1.165, 1.54) is 0 Å². The Labute approximate surface area is 104 Å². The van der Waals surface area contributed by atoms with Crippen LogP contribution >= 0.6 is 0 Å². The van der Waals surface area contributed by atoms with E-state index in [9.17, 15) is 0 Å². The summed E-state index contributed by atoms with van der Waals surface area (Å²) in [5.41, 5.74) is -0.0582. The van der Waals surface area contributed by atoms with Crippen molar-refractivity contribution in [1.29, 1.82) is 0 Å². The van der Waals surface area contributed by atoms with Crippen LogP contribution in [0, 0.1) is 6.92 Å². The first-order valence-electron chi connectivity index (χ1n) is 6.21. The molecule has 0 saturated carbocycles. The highest BCUT2D eigenvalue weighted by Crippen LogP contribution is 2.15. The number of aryl methyl sites for hydroxylation is 1. The number of rotatable bonds is 7. The lowest BCUT2D eigenvalue weighted by molar-refractivity contribution is 0.00856. The van der Waals surface area contributed by atoms with Gasteiger partial charge in [-0.05, 0) is 34.1 Å². The Morgan fingerprint density at radius 3 is 2.76 bits per heavy atom. The molecule has 17 heavy (non-hydrogen) atoms. The number of imidazole rings is 1. The summed E-state index contributed by atoms with van der Waals surface area (Å²) >= 11 is 0. The van der Waals surface area contributed by atoms with Gasteiger partial charge in [-0.1, -0.05) is 0 Å². The second kappa shape index (κ2) is 6.17. The van der Waals surface area contributed by atoms with Crippen LogP contribution in [-0.2, 0) is 11.3 Å². The molecule has 0 spiro atoms. The van der Waals surface area contributed by atoms with Crippen LogP contribution in [0.3, 0.4) is 0 Å². The van der Waals surface area contributed by atoms with Gasteiger partial charge in [-0.3, -0.25) is 0 Å². The van der Waals surface area contributed by atoms with E-state index in [4.69, 9.17) is 4.74 Å². The Kier molecular flexibility index (Phi) is 5.15. The zero-order valence-corrected chi connectivity index (χ0v) is 11.7. The van der Waals surface area contributed by atoms with Gasteiger partial charge in [0, 0.05) is 38.6 Å². The maximum absolute atomic E-state index is 5.42. The number of hydrogen-bond donors (Lipinski definition) is 1. The van der Waals surface area contributed by atoms with Gasteiger partial charge >= 0.3 is 0 Å². The molecular weight excluding hydrogens is 214 g/mol. The maximum atomic E-state index is 5.42. The topological polar surface area (TPSA) is 39.1 Å². The predicted molar refractivity (Wildman–Crippen MR) is 70.1 cm³/mol. The van der Waals surface area contributed by atoms with Crippen LogP contribution < -0.4 is 5.32 Å². The summed E-state index contributed by atoms with van der Waals surface area (Å²) in [6.07, 6.45) is 4.86. The average Bonchev–Trinajstić information content (AvgIpc) is 2.64. The fraction of sp³-hybridized carbons (Fsp3) is 0.769. The van der Waals surface area contributed by atoms with Crippen molar-refractivity contribution in [2.45, 2.75) is 52.3 Å². The lowest BCUT2D eigenvalue weighted by Gasteiger charge is -2.27. The molecule has 1 heterocycles. The summed E-state index contributed by atoms with van der Waals surface area (Å²) in [7, 11) is 1.77. The summed E-state index contributed by atoms with van der Waals surface area (Å²) in [5, 5.41) is 3.51. The van der Waals surface area contributed by atoms with Gasteiger partial charge in [0.25, 0.3) is 0 Å². The van der Waals surface area contributed by atoms with E-state index in [1.54, 1.807) is 7.11 Å². The molecule has 0 saturated heterocycles. The molecule has 0 aliphatic rings. The molecule has 1 N–H and O–H groups in total. The van der Waals surface area contributed by atoms with Gasteiger partial charge in [0.05, 0.1) is 5.60 Å². The third kappa shape index (κ3) is 4.88. The largest absolute Gasteiger partial charge is 0.379 e. The van der Waals surface area contributed by atoms with E-state index < -0.39 is 0 Å². The minimum Gasteiger partial charge on any atom is -0.379 e. The third-order valence-electron chi connectivity index (χ3n) is 3.12. The van der Waals surface area contributed by atoms with E-state index in [0.717, 1.165) is 25.3 Å². The van der Waals surface area contributed by atoms with Gasteiger partial charge in [0.15, 0.2) is 0 Å². The van der Waals surface area contributed by atoms with E-state index >= 15 is 0 Å². The average molecular weight is 239 g/mol. The fourth-order valence-corrected chi connectivity index (χ4v) is 1.96. The Morgan fingerprint density at radius 1 is 1.53 bits per heavy atom. The van der Waals surface area contributed by atoms with Crippen LogP contribution in [0.5, 0.6) is 0 Å². The molecule has 0 amide bonds. The lowest BCUT2D eigenvalue weighted by Crippen LogP contribution is -2.37. The lowest BCUT2D eigenvalue weighted by atomic mass is 10.00. The van der Waals surface area contributed by atoms with Gasteiger partial charge in [0.1, 0.15) is 5.82 Å². The van der Waals surface area contributed by atoms with Crippen molar-refractivity contribution in [3.8, 4) is 0 Å². The van der Waals surface area contributed by atoms with Crippen molar-refractivity contribution in [3.63, 3.8) is 0 Å². The summed E-state index contributed by atoms with van der Waals surface area (Å²) in [6, 6.07) is 0.453. The minimum atomic E-state index is -0.0582. The summed E-state index contributed by atoms with van der Waals surface area (Å²) in [6.45, 7) is 10.4. The van der Waals surface area contributed by atoms with E-state index in [1.807, 2.05) is 19.3 Å². The molecule has 0 bridgehead atoms. The molecule has 0 aliphatic heterocycles. The zero-order chi connectivity index (χ0) is 12.9. The normalized spacial score (nSPS) is 13.9. The Bertz CT molecular complexity index is 333. The highest BCUT2D eigenvalue weighted by molar-refractivity contribution is 4.88. The van der Waals surface area contributed by atoms with Gasteiger partial charge in [-0.15, -0.1) is 0 Å². The molecule has 0 aliphatic carbocycles. The molecule has 0 aromatic carbocycles. The second-order valence-electron chi connectivity index (χ2n) is 5.19. The number of nitrogens with zero attached hydrogens (tertiary/aromatic N) is 2. The smallest absolute Gasteiger partial charge is 0.105 e. The van der Waals surface area contributed by atoms with Crippen molar-refractivity contribution in [1.82, 2.24) is 14.9 Å². The van der Waals surface area contributed by atoms with Crippen LogP contribution in [0.1, 0.15) is 33.0 Å². The second-order valence-corrected chi connectivity index (χ2v) is 5.19. The first kappa shape index (κ1) is 14.2. The number of methoxy groups -OCH3 is 1. The van der Waals surface area contributed by atoms with Crippen LogP contribution in [0.4, 0.5) is 0 Å². The van der Waals surface area contributed by atoms with Crippen LogP contribution in [0.15, 0.2) is 12.4 Å². The number of hydrogen-bond acceptors (Lipinski definition) is 3.